The van der Waals surface area contributed by atoms with E-state index in [9.17, 15) is 29.4 Å². The van der Waals surface area contributed by atoms with E-state index in [2.05, 4.69) is 54.2 Å². The number of ketones is 2. The third kappa shape index (κ3) is 5.23. The normalized spacial score (nSPS) is 43.2. The molecule has 0 aliphatic heterocycles. The molecular formula is C50H72O6. The smallest absolute Gasteiger partial charge is 0.311 e. The lowest BCUT2D eigenvalue weighted by Crippen LogP contribution is -2.56. The summed E-state index contributed by atoms with van der Waals surface area (Å²) in [4.78, 5) is 54.0. The number of Topliss-reactive ketones (excluding diaryl/α,β-unsaturated/α-hetero) is 2. The summed E-state index contributed by atoms with van der Waals surface area (Å²) in [7, 11) is 0. The first-order chi connectivity index (χ1) is 25.9. The van der Waals surface area contributed by atoms with Crippen LogP contribution in [-0.2, 0) is 19.2 Å². The summed E-state index contributed by atoms with van der Waals surface area (Å²) < 4.78 is 0. The molecule has 4 fully saturated rings. The van der Waals surface area contributed by atoms with Gasteiger partial charge in [0.2, 0.25) is 0 Å². The van der Waals surface area contributed by atoms with Crippen LogP contribution in [0.15, 0.2) is 47.1 Å². The van der Waals surface area contributed by atoms with Crippen molar-refractivity contribution in [1.29, 1.82) is 0 Å². The Hall–Kier alpha value is -2.76. The third-order valence-corrected chi connectivity index (χ3v) is 19.8. The van der Waals surface area contributed by atoms with Gasteiger partial charge in [-0.05, 0) is 144 Å². The van der Waals surface area contributed by atoms with E-state index >= 15 is 0 Å². The van der Waals surface area contributed by atoms with Crippen molar-refractivity contribution < 1.29 is 29.4 Å². The lowest BCUT2D eigenvalue weighted by atomic mass is 9.43. The first-order valence-corrected chi connectivity index (χ1v) is 22.2. The second kappa shape index (κ2) is 13.1. The van der Waals surface area contributed by atoms with Crippen molar-refractivity contribution in [2.75, 3.05) is 0 Å². The molecule has 11 atom stereocenters. The second-order valence-electron chi connectivity index (χ2n) is 22.2. The molecule has 6 heteroatoms. The molecule has 1 spiro atoms. The number of hydrogen-bond donors (Lipinski definition) is 2. The van der Waals surface area contributed by atoms with Crippen molar-refractivity contribution in [3.63, 3.8) is 0 Å². The van der Waals surface area contributed by atoms with E-state index in [1.807, 2.05) is 13.8 Å². The first-order valence-electron chi connectivity index (χ1n) is 22.2. The summed E-state index contributed by atoms with van der Waals surface area (Å²) in [6.07, 6.45) is 15.5. The van der Waals surface area contributed by atoms with Gasteiger partial charge in [-0.3, -0.25) is 19.2 Å². The van der Waals surface area contributed by atoms with E-state index < -0.39 is 28.2 Å². The summed E-state index contributed by atoms with van der Waals surface area (Å²) in [5, 5.41) is 21.5. The van der Waals surface area contributed by atoms with Crippen molar-refractivity contribution in [1.82, 2.24) is 0 Å². The number of carboxylic acid groups (broad SMARTS) is 2. The average molecular weight is 769 g/mol. The molecule has 308 valence electrons. The van der Waals surface area contributed by atoms with E-state index in [0.29, 0.717) is 37.4 Å². The van der Waals surface area contributed by atoms with Crippen molar-refractivity contribution in [2.45, 2.75) is 171 Å². The van der Waals surface area contributed by atoms with Gasteiger partial charge in [0.25, 0.3) is 0 Å². The molecule has 0 saturated heterocycles. The maximum atomic E-state index is 14.6. The molecule has 0 radical (unpaired) electrons. The molecule has 0 aromatic heterocycles. The Morgan fingerprint density at radius 3 is 2.18 bits per heavy atom. The molecule has 4 saturated carbocycles. The zero-order valence-corrected chi connectivity index (χ0v) is 36.3. The Balaban J connectivity index is 1.17. The van der Waals surface area contributed by atoms with Gasteiger partial charge in [0.1, 0.15) is 11.6 Å². The quantitative estimate of drug-likeness (QED) is 0.226. The summed E-state index contributed by atoms with van der Waals surface area (Å²) in [5.74, 6) is -0.575. The first kappa shape index (κ1) is 41.4. The van der Waals surface area contributed by atoms with Gasteiger partial charge >= 0.3 is 11.9 Å². The highest BCUT2D eigenvalue weighted by atomic mass is 16.4. The van der Waals surface area contributed by atoms with Gasteiger partial charge in [-0.25, -0.2) is 0 Å². The fraction of sp³-hybridized carbons (Fsp3) is 0.760. The number of carbonyl (C=O) groups is 4. The zero-order valence-electron chi connectivity index (χ0n) is 36.3. The monoisotopic (exact) mass is 769 g/mol. The van der Waals surface area contributed by atoms with Gasteiger partial charge in [0, 0.05) is 35.5 Å². The van der Waals surface area contributed by atoms with Gasteiger partial charge in [-0.2, -0.15) is 0 Å². The molecule has 6 nitrogen and oxygen atoms in total. The topological polar surface area (TPSA) is 109 Å². The average Bonchev–Trinajstić information content (AvgIpc) is 3.65. The number of carboxylic acids is 2. The maximum absolute atomic E-state index is 14.6. The number of fused-ring (bicyclic) bond motifs is 6. The molecule has 0 amide bonds. The molecule has 2 N–H and O–H groups in total. The molecule has 7 aliphatic carbocycles. The van der Waals surface area contributed by atoms with E-state index in [1.165, 1.54) is 11.1 Å². The SMILES string of the molecule is C=C1CC[C@@](C)([C@H](C)CC(=O)C[C@@](C)(C(=O)O)[C@]2(C(=C)C)C=C3CC[C@@H]4[C@](C)(CCC[C@@]4(C)C(=O)O)[C@H]3CC2)[C@@]12CCC1=C2CC[C@H]2C(C)(C)C(=O)CC[C@]12C. The van der Waals surface area contributed by atoms with E-state index in [1.54, 1.807) is 18.1 Å². The Kier molecular flexibility index (Phi) is 9.70. The van der Waals surface area contributed by atoms with Crippen molar-refractivity contribution >= 4 is 23.5 Å². The Bertz CT molecular complexity index is 1850. The van der Waals surface area contributed by atoms with Gasteiger partial charge in [-0.15, -0.1) is 0 Å². The summed E-state index contributed by atoms with van der Waals surface area (Å²) in [6, 6.07) is 0. The zero-order chi connectivity index (χ0) is 41.2. The minimum Gasteiger partial charge on any atom is -0.481 e. The van der Waals surface area contributed by atoms with Crippen molar-refractivity contribution in [3.05, 3.63) is 47.1 Å². The number of hydrogen-bond acceptors (Lipinski definition) is 4. The van der Waals surface area contributed by atoms with Crippen LogP contribution in [0.5, 0.6) is 0 Å². The maximum Gasteiger partial charge on any atom is 0.311 e. The highest BCUT2D eigenvalue weighted by Gasteiger charge is 2.66. The van der Waals surface area contributed by atoms with Crippen LogP contribution in [0.1, 0.15) is 171 Å². The van der Waals surface area contributed by atoms with Gasteiger partial charge in [0.05, 0.1) is 10.8 Å². The fourth-order valence-corrected chi connectivity index (χ4v) is 16.3. The minimum absolute atomic E-state index is 0.00743. The predicted molar refractivity (Wildman–Crippen MR) is 222 cm³/mol. The van der Waals surface area contributed by atoms with Gasteiger partial charge in [-0.1, -0.05) is 95.1 Å². The van der Waals surface area contributed by atoms with Crippen LogP contribution in [0.2, 0.25) is 0 Å². The summed E-state index contributed by atoms with van der Waals surface area (Å²) in [5.41, 5.74) is 2.69. The largest absolute Gasteiger partial charge is 0.481 e. The Morgan fingerprint density at radius 2 is 1.54 bits per heavy atom. The number of rotatable bonds is 9. The molecule has 7 rings (SSSR count). The van der Waals surface area contributed by atoms with Crippen LogP contribution in [0.25, 0.3) is 0 Å². The van der Waals surface area contributed by atoms with Crippen LogP contribution in [0, 0.1) is 67.0 Å². The van der Waals surface area contributed by atoms with Crippen LogP contribution in [-0.4, -0.2) is 33.7 Å². The van der Waals surface area contributed by atoms with E-state index in [0.717, 1.165) is 82.6 Å². The highest BCUT2D eigenvalue weighted by molar-refractivity contribution is 5.88. The van der Waals surface area contributed by atoms with Crippen LogP contribution < -0.4 is 0 Å². The van der Waals surface area contributed by atoms with E-state index in [-0.39, 0.29) is 57.0 Å². The lowest BCUT2D eigenvalue weighted by Gasteiger charge is -2.60. The molecule has 7 aliphatic rings. The van der Waals surface area contributed by atoms with Crippen molar-refractivity contribution in [2.24, 2.45) is 67.0 Å². The van der Waals surface area contributed by atoms with Crippen LogP contribution in [0.4, 0.5) is 0 Å². The lowest BCUT2D eigenvalue weighted by molar-refractivity contribution is -0.166. The summed E-state index contributed by atoms with van der Waals surface area (Å²) in [6.45, 7) is 28.6. The van der Waals surface area contributed by atoms with Crippen LogP contribution >= 0.6 is 0 Å². The molecule has 0 aromatic carbocycles. The molecule has 0 bridgehead atoms. The number of carbonyl (C=O) groups excluding carboxylic acids is 2. The molecule has 0 unspecified atom stereocenters. The highest BCUT2D eigenvalue weighted by Crippen LogP contribution is 2.74. The molecule has 0 aromatic rings. The molecular weight excluding hydrogens is 697 g/mol. The molecule has 56 heavy (non-hydrogen) atoms. The van der Waals surface area contributed by atoms with Gasteiger partial charge in [0.15, 0.2) is 0 Å². The Morgan fingerprint density at radius 1 is 0.857 bits per heavy atom. The van der Waals surface area contributed by atoms with Crippen molar-refractivity contribution in [3.8, 4) is 0 Å². The van der Waals surface area contributed by atoms with E-state index in [4.69, 9.17) is 6.58 Å². The third-order valence-electron chi connectivity index (χ3n) is 19.8. The number of allylic oxidation sites excluding steroid dienone is 6. The predicted octanol–water partition coefficient (Wildman–Crippen LogP) is 11.9. The summed E-state index contributed by atoms with van der Waals surface area (Å²) >= 11 is 0. The standard InChI is InChI=1S/C50H72O6/c1-30(2)49(25-18-35-33(28-49)13-15-39-44(35,7)21-12-22-46(39,9)41(53)54)48(11,42(55)56)29-34(51)27-32(4)47(10)24-17-31(3)50(47)26-19-36-37(50)14-16-38-43(5,6)40(52)20-23-45(36,38)8/h28,32,35,38-39H,1,3,12-27,29H2,2,4-11H3,(H,53,54)(H,55,56)/t32-,35+,38+,39-,44-,45-,46-,47+,48+,49+,50+/m1/s1. The molecule has 0 heterocycles. The fourth-order valence-electron chi connectivity index (χ4n) is 16.3. The Labute approximate surface area is 337 Å². The van der Waals surface area contributed by atoms with Gasteiger partial charge < -0.3 is 10.2 Å². The minimum atomic E-state index is -1.37. The second-order valence-corrected chi connectivity index (χ2v) is 22.2. The number of aliphatic carboxylic acids is 2. The van der Waals surface area contributed by atoms with Crippen LogP contribution in [0.3, 0.4) is 0 Å².